The van der Waals surface area contributed by atoms with Crippen molar-refractivity contribution in [2.75, 3.05) is 0 Å². The minimum atomic E-state index is -0.0501. The number of benzene rings is 2. The molecule has 0 amide bonds. The molecule has 0 radical (unpaired) electrons. The van der Waals surface area contributed by atoms with Gasteiger partial charge in [-0.2, -0.15) is 0 Å². The lowest BCUT2D eigenvalue weighted by molar-refractivity contribution is 0.303. The van der Waals surface area contributed by atoms with Crippen LogP contribution in [0.15, 0.2) is 42.5 Å². The predicted octanol–water partition coefficient (Wildman–Crippen LogP) is 3.76. The average molecular weight is 279 g/mol. The lowest BCUT2D eigenvalue weighted by atomic mass is 9.96. The molecule has 1 saturated carbocycles. The van der Waals surface area contributed by atoms with Gasteiger partial charge in [0.1, 0.15) is 5.75 Å². The summed E-state index contributed by atoms with van der Waals surface area (Å²) < 4.78 is 5.79. The monoisotopic (exact) mass is 279 g/mol. The summed E-state index contributed by atoms with van der Waals surface area (Å²) in [5.74, 6) is 0.961. The molecule has 2 aliphatic carbocycles. The Morgan fingerprint density at radius 2 is 1.62 bits per heavy atom. The number of aryl methyl sites for hydroxylation is 2. The molecule has 0 aromatic heterocycles. The Balaban J connectivity index is 1.54. The summed E-state index contributed by atoms with van der Waals surface area (Å²) >= 11 is 0. The van der Waals surface area contributed by atoms with Crippen molar-refractivity contribution in [3.63, 3.8) is 0 Å². The van der Waals surface area contributed by atoms with Crippen LogP contribution in [0.5, 0.6) is 5.75 Å². The van der Waals surface area contributed by atoms with Gasteiger partial charge in [-0.25, -0.2) is 0 Å². The maximum atomic E-state index is 6.43. The second-order valence-electron chi connectivity index (χ2n) is 6.25. The first kappa shape index (κ1) is 12.9. The van der Waals surface area contributed by atoms with Crippen LogP contribution in [0.3, 0.4) is 0 Å². The van der Waals surface area contributed by atoms with E-state index < -0.39 is 0 Å². The molecule has 2 aromatic rings. The number of hydrogen-bond donors (Lipinski definition) is 1. The third-order valence-electron chi connectivity index (χ3n) is 4.55. The van der Waals surface area contributed by atoms with Gasteiger partial charge in [-0.1, -0.05) is 30.3 Å². The Hall–Kier alpha value is -1.80. The van der Waals surface area contributed by atoms with Crippen LogP contribution in [0.2, 0.25) is 0 Å². The van der Waals surface area contributed by atoms with E-state index in [1.54, 1.807) is 0 Å². The molecule has 1 fully saturated rings. The number of rotatable bonds is 4. The topological polar surface area (TPSA) is 35.2 Å². The maximum absolute atomic E-state index is 6.43. The van der Waals surface area contributed by atoms with Crippen LogP contribution in [0.25, 0.3) is 0 Å². The highest BCUT2D eigenvalue weighted by Gasteiger charge is 2.23. The van der Waals surface area contributed by atoms with Gasteiger partial charge in [0.15, 0.2) is 0 Å². The number of fused-ring (bicyclic) bond motifs is 1. The van der Waals surface area contributed by atoms with E-state index in [2.05, 4.69) is 30.3 Å². The van der Waals surface area contributed by atoms with Crippen LogP contribution in [0.4, 0.5) is 0 Å². The lowest BCUT2D eigenvalue weighted by Crippen LogP contribution is -2.12. The normalized spacial score (nSPS) is 18.3. The molecule has 0 heterocycles. The van der Waals surface area contributed by atoms with Crippen molar-refractivity contribution in [1.82, 2.24) is 0 Å². The van der Waals surface area contributed by atoms with E-state index in [4.69, 9.17) is 10.5 Å². The molecule has 0 aliphatic heterocycles. The minimum Gasteiger partial charge on any atom is -0.490 e. The van der Waals surface area contributed by atoms with Gasteiger partial charge < -0.3 is 10.5 Å². The van der Waals surface area contributed by atoms with E-state index in [1.807, 2.05) is 12.1 Å². The van der Waals surface area contributed by atoms with Crippen LogP contribution < -0.4 is 10.5 Å². The molecule has 2 aromatic carbocycles. The fourth-order valence-electron chi connectivity index (χ4n) is 3.11. The molecular formula is C19H21NO. The molecule has 2 aliphatic rings. The van der Waals surface area contributed by atoms with Crippen molar-refractivity contribution in [2.45, 2.75) is 44.2 Å². The van der Waals surface area contributed by atoms with Gasteiger partial charge in [-0.3, -0.25) is 0 Å². The molecule has 0 saturated heterocycles. The average Bonchev–Trinajstić information content (AvgIpc) is 3.21. The highest BCUT2D eigenvalue weighted by Crippen LogP contribution is 2.30. The summed E-state index contributed by atoms with van der Waals surface area (Å²) in [5.41, 5.74) is 11.8. The fraction of sp³-hybridized carbons (Fsp3) is 0.368. The van der Waals surface area contributed by atoms with Crippen molar-refractivity contribution < 1.29 is 4.74 Å². The number of ether oxygens (including phenoxy) is 1. The van der Waals surface area contributed by atoms with Gasteiger partial charge in [0.2, 0.25) is 0 Å². The zero-order chi connectivity index (χ0) is 14.2. The molecule has 0 spiro atoms. The van der Waals surface area contributed by atoms with Gasteiger partial charge in [-0.05, 0) is 66.5 Å². The second-order valence-corrected chi connectivity index (χ2v) is 6.25. The van der Waals surface area contributed by atoms with Crippen LogP contribution in [-0.4, -0.2) is 6.10 Å². The van der Waals surface area contributed by atoms with Crippen LogP contribution in [-0.2, 0) is 12.8 Å². The third kappa shape index (κ3) is 2.68. The lowest BCUT2D eigenvalue weighted by Gasteiger charge is -2.15. The molecule has 2 nitrogen and oxygen atoms in total. The molecule has 2 N–H and O–H groups in total. The van der Waals surface area contributed by atoms with Gasteiger partial charge in [0.25, 0.3) is 0 Å². The van der Waals surface area contributed by atoms with Crippen molar-refractivity contribution in [3.8, 4) is 5.75 Å². The van der Waals surface area contributed by atoms with Gasteiger partial charge in [0, 0.05) is 0 Å². The van der Waals surface area contributed by atoms with Crippen molar-refractivity contribution in [3.05, 3.63) is 64.7 Å². The van der Waals surface area contributed by atoms with E-state index in [0.29, 0.717) is 6.10 Å². The third-order valence-corrected chi connectivity index (χ3v) is 4.55. The first-order chi connectivity index (χ1) is 10.3. The first-order valence-electron chi connectivity index (χ1n) is 7.93. The predicted molar refractivity (Wildman–Crippen MR) is 84.6 cm³/mol. The largest absolute Gasteiger partial charge is 0.490 e. The first-order valence-corrected chi connectivity index (χ1v) is 7.93. The summed E-state index contributed by atoms with van der Waals surface area (Å²) in [6.45, 7) is 0. The van der Waals surface area contributed by atoms with Crippen LogP contribution in [0.1, 0.15) is 47.6 Å². The standard InChI is InChI=1S/C19H21NO/c20-19(16-5-4-13-2-1-3-15(13)12-16)14-6-8-17(9-7-14)21-18-10-11-18/h4-9,12,18-19H,1-3,10-11,20H2. The molecule has 4 rings (SSSR count). The molecule has 21 heavy (non-hydrogen) atoms. The molecule has 0 bridgehead atoms. The quantitative estimate of drug-likeness (QED) is 0.924. The van der Waals surface area contributed by atoms with E-state index in [1.165, 1.54) is 48.8 Å². The van der Waals surface area contributed by atoms with Crippen molar-refractivity contribution in [1.29, 1.82) is 0 Å². The van der Waals surface area contributed by atoms with E-state index in [9.17, 15) is 0 Å². The van der Waals surface area contributed by atoms with Crippen molar-refractivity contribution in [2.24, 2.45) is 5.73 Å². The maximum Gasteiger partial charge on any atom is 0.119 e. The Kier molecular flexibility index (Phi) is 3.19. The highest BCUT2D eigenvalue weighted by molar-refractivity contribution is 5.41. The summed E-state index contributed by atoms with van der Waals surface area (Å²) in [5, 5.41) is 0. The summed E-state index contributed by atoms with van der Waals surface area (Å²) in [6.07, 6.45) is 6.53. The molecular weight excluding hydrogens is 258 g/mol. The summed E-state index contributed by atoms with van der Waals surface area (Å²) in [4.78, 5) is 0. The summed E-state index contributed by atoms with van der Waals surface area (Å²) in [6, 6.07) is 14.9. The van der Waals surface area contributed by atoms with Gasteiger partial charge in [-0.15, -0.1) is 0 Å². The number of hydrogen-bond acceptors (Lipinski definition) is 2. The van der Waals surface area contributed by atoms with Gasteiger partial charge >= 0.3 is 0 Å². The molecule has 1 unspecified atom stereocenters. The smallest absolute Gasteiger partial charge is 0.119 e. The van der Waals surface area contributed by atoms with Gasteiger partial charge in [0.05, 0.1) is 12.1 Å². The zero-order valence-corrected chi connectivity index (χ0v) is 12.2. The highest BCUT2D eigenvalue weighted by atomic mass is 16.5. The second kappa shape index (κ2) is 5.19. The Labute approximate surface area is 125 Å². The molecule has 1 atom stereocenters. The summed E-state index contributed by atoms with van der Waals surface area (Å²) in [7, 11) is 0. The van der Waals surface area contributed by atoms with Crippen LogP contribution >= 0.6 is 0 Å². The Morgan fingerprint density at radius 3 is 2.38 bits per heavy atom. The van der Waals surface area contributed by atoms with E-state index >= 15 is 0 Å². The SMILES string of the molecule is NC(c1ccc(OC2CC2)cc1)c1ccc2c(c1)CCC2. The van der Waals surface area contributed by atoms with E-state index in [-0.39, 0.29) is 6.04 Å². The molecule has 2 heteroatoms. The van der Waals surface area contributed by atoms with Crippen molar-refractivity contribution >= 4 is 0 Å². The fourth-order valence-corrected chi connectivity index (χ4v) is 3.11. The number of nitrogens with two attached hydrogens (primary N) is 1. The Bertz CT molecular complexity index is 643. The Morgan fingerprint density at radius 1 is 0.905 bits per heavy atom. The minimum absolute atomic E-state index is 0.0501. The van der Waals surface area contributed by atoms with Crippen LogP contribution in [0, 0.1) is 0 Å². The van der Waals surface area contributed by atoms with E-state index in [0.717, 1.165) is 11.3 Å². The zero-order valence-electron chi connectivity index (χ0n) is 12.2. The molecule has 108 valence electrons.